The molecule has 3 rings (SSSR count). The Kier molecular flexibility index (Phi) is 3.72. The molecule has 0 saturated carbocycles. The first-order valence-electron chi connectivity index (χ1n) is 6.57. The Morgan fingerprint density at radius 1 is 1.41 bits per heavy atom. The number of nitrogens with one attached hydrogen (secondary N) is 1. The van der Waals surface area contributed by atoms with E-state index in [1.165, 1.54) is 18.4 Å². The Morgan fingerprint density at radius 2 is 2.23 bits per heavy atom. The quantitative estimate of drug-likeness (QED) is 0.820. The van der Waals surface area contributed by atoms with Crippen molar-refractivity contribution < 1.29 is 19.1 Å². The summed E-state index contributed by atoms with van der Waals surface area (Å²) in [6.45, 7) is 0. The molecule has 112 valence electrons. The van der Waals surface area contributed by atoms with E-state index in [-0.39, 0.29) is 12.2 Å². The van der Waals surface area contributed by atoms with Gasteiger partial charge in [-0.15, -0.1) is 0 Å². The molecule has 1 aliphatic rings. The molecule has 1 aromatic heterocycles. The number of anilines is 1. The minimum Gasteiger partial charge on any atom is -0.465 e. The summed E-state index contributed by atoms with van der Waals surface area (Å²) in [7, 11) is 0. The van der Waals surface area contributed by atoms with Crippen molar-refractivity contribution in [2.75, 3.05) is 5.32 Å². The van der Waals surface area contributed by atoms with E-state index < -0.39 is 11.5 Å². The zero-order valence-corrected chi connectivity index (χ0v) is 13.0. The Morgan fingerprint density at radius 3 is 2.95 bits per heavy atom. The average molecular weight is 362 g/mol. The van der Waals surface area contributed by atoms with Crippen LogP contribution in [0.3, 0.4) is 0 Å². The second-order valence-corrected chi connectivity index (χ2v) is 5.91. The van der Waals surface area contributed by atoms with Crippen LogP contribution in [-0.2, 0) is 15.2 Å². The maximum Gasteiger partial charge on any atom is 0.261 e. The maximum atomic E-state index is 12.1. The summed E-state index contributed by atoms with van der Waals surface area (Å²) in [5, 5.41) is 13.2. The van der Waals surface area contributed by atoms with Crippen LogP contribution < -0.4 is 5.32 Å². The van der Waals surface area contributed by atoms with Crippen molar-refractivity contribution in [2.45, 2.75) is 12.0 Å². The van der Waals surface area contributed by atoms with Gasteiger partial charge in [-0.3, -0.25) is 9.59 Å². The molecule has 1 aliphatic heterocycles. The fourth-order valence-corrected chi connectivity index (χ4v) is 2.72. The number of hydrogen-bond acceptors (Lipinski definition) is 4. The van der Waals surface area contributed by atoms with E-state index in [2.05, 4.69) is 21.2 Å². The molecule has 0 bridgehead atoms. The lowest BCUT2D eigenvalue weighted by Crippen LogP contribution is -2.36. The zero-order chi connectivity index (χ0) is 15.7. The molecule has 2 aromatic rings. The molecule has 5 nitrogen and oxygen atoms in total. The molecule has 0 unspecified atom stereocenters. The molecule has 1 amide bonds. The molecule has 1 aromatic carbocycles. The van der Waals surface area contributed by atoms with Crippen molar-refractivity contribution in [2.24, 2.45) is 0 Å². The number of ketones is 1. The molecule has 6 heteroatoms. The van der Waals surface area contributed by atoms with Gasteiger partial charge in [0.2, 0.25) is 0 Å². The first-order chi connectivity index (χ1) is 10.5. The number of fused-ring (bicyclic) bond motifs is 1. The van der Waals surface area contributed by atoms with Crippen molar-refractivity contribution in [3.8, 4) is 0 Å². The molecule has 0 aliphatic carbocycles. The highest BCUT2D eigenvalue weighted by Gasteiger charge is 2.46. The summed E-state index contributed by atoms with van der Waals surface area (Å²) in [5.74, 6) is -0.443. The average Bonchev–Trinajstić information content (AvgIpc) is 3.06. The minimum absolute atomic E-state index is 0.334. The van der Waals surface area contributed by atoms with Crippen LogP contribution in [0.2, 0.25) is 0 Å². The topological polar surface area (TPSA) is 79.5 Å². The van der Waals surface area contributed by atoms with Crippen LogP contribution in [-0.4, -0.2) is 16.8 Å². The van der Waals surface area contributed by atoms with Crippen LogP contribution in [0.4, 0.5) is 5.69 Å². The minimum atomic E-state index is -1.86. The van der Waals surface area contributed by atoms with Crippen molar-refractivity contribution >= 4 is 39.4 Å². The van der Waals surface area contributed by atoms with Crippen molar-refractivity contribution in [1.82, 2.24) is 0 Å². The van der Waals surface area contributed by atoms with E-state index >= 15 is 0 Å². The molecule has 0 spiro atoms. The predicted molar refractivity (Wildman–Crippen MR) is 84.0 cm³/mol. The molecule has 0 fully saturated rings. The van der Waals surface area contributed by atoms with E-state index in [1.807, 2.05) is 0 Å². The number of amides is 1. The third kappa shape index (κ3) is 2.63. The van der Waals surface area contributed by atoms with Crippen LogP contribution in [0.15, 0.2) is 51.6 Å². The van der Waals surface area contributed by atoms with E-state index in [0.29, 0.717) is 17.0 Å². The molecule has 0 saturated heterocycles. The van der Waals surface area contributed by atoms with E-state index in [0.717, 1.165) is 4.47 Å². The van der Waals surface area contributed by atoms with E-state index in [4.69, 9.17) is 4.42 Å². The van der Waals surface area contributed by atoms with E-state index in [9.17, 15) is 14.7 Å². The molecule has 1 atom stereocenters. The monoisotopic (exact) mass is 361 g/mol. The van der Waals surface area contributed by atoms with Gasteiger partial charge < -0.3 is 14.8 Å². The van der Waals surface area contributed by atoms with Gasteiger partial charge in [-0.1, -0.05) is 15.9 Å². The number of aliphatic hydroxyl groups is 1. The zero-order valence-electron chi connectivity index (χ0n) is 11.4. The van der Waals surface area contributed by atoms with Gasteiger partial charge in [-0.05, 0) is 42.5 Å². The summed E-state index contributed by atoms with van der Waals surface area (Å²) in [5.41, 5.74) is -0.950. The Hall–Kier alpha value is -2.18. The number of benzene rings is 1. The summed E-state index contributed by atoms with van der Waals surface area (Å²) >= 11 is 3.30. The second-order valence-electron chi connectivity index (χ2n) is 5.00. The number of carbonyl (C=O) groups excluding carboxylic acids is 2. The van der Waals surface area contributed by atoms with Crippen LogP contribution in [0.25, 0.3) is 6.08 Å². The summed E-state index contributed by atoms with van der Waals surface area (Å²) < 4.78 is 5.81. The van der Waals surface area contributed by atoms with Crippen molar-refractivity contribution in [3.63, 3.8) is 0 Å². The SMILES string of the molecule is O=C(/C=C\c1ccco1)C[C@]1(O)C(=O)Nc2ccc(Br)cc21. The predicted octanol–water partition coefficient (Wildman–Crippen LogP) is 2.85. The van der Waals surface area contributed by atoms with Gasteiger partial charge in [0.05, 0.1) is 12.7 Å². The van der Waals surface area contributed by atoms with Crippen molar-refractivity contribution in [1.29, 1.82) is 0 Å². The van der Waals surface area contributed by atoms with Crippen LogP contribution >= 0.6 is 15.9 Å². The second kappa shape index (κ2) is 5.55. The Bertz CT molecular complexity index is 766. The smallest absolute Gasteiger partial charge is 0.261 e. The van der Waals surface area contributed by atoms with Crippen molar-refractivity contribution in [3.05, 3.63) is 58.5 Å². The Balaban J connectivity index is 1.83. The summed E-state index contributed by atoms with van der Waals surface area (Å²) in [6, 6.07) is 8.47. The molecule has 22 heavy (non-hydrogen) atoms. The number of rotatable bonds is 4. The maximum absolute atomic E-state index is 12.1. The molecule has 0 radical (unpaired) electrons. The number of carbonyl (C=O) groups is 2. The highest BCUT2D eigenvalue weighted by Crippen LogP contribution is 2.39. The third-order valence-electron chi connectivity index (χ3n) is 3.46. The van der Waals surface area contributed by atoms with Gasteiger partial charge in [-0.25, -0.2) is 0 Å². The molecule has 2 N–H and O–H groups in total. The normalized spacial score (nSPS) is 20.2. The Labute approximate surface area is 134 Å². The number of furan rings is 1. The summed E-state index contributed by atoms with van der Waals surface area (Å²) in [4.78, 5) is 24.1. The fourth-order valence-electron chi connectivity index (χ4n) is 2.36. The first kappa shape index (κ1) is 14.7. The first-order valence-corrected chi connectivity index (χ1v) is 7.36. The molecular formula is C16H12BrNO4. The largest absolute Gasteiger partial charge is 0.465 e. The van der Waals surface area contributed by atoms with Crippen LogP contribution in [0.5, 0.6) is 0 Å². The standard InChI is InChI=1S/C16H12BrNO4/c17-10-3-6-14-13(8-10)16(21,15(20)18-14)9-11(19)4-5-12-2-1-7-22-12/h1-8,21H,9H2,(H,18,20)/b5-4-/t16-/m1/s1. The lowest BCUT2D eigenvalue weighted by Gasteiger charge is -2.19. The van der Waals surface area contributed by atoms with Gasteiger partial charge in [0.15, 0.2) is 11.4 Å². The van der Waals surface area contributed by atoms with Gasteiger partial charge in [0.1, 0.15) is 5.76 Å². The van der Waals surface area contributed by atoms with Gasteiger partial charge >= 0.3 is 0 Å². The fraction of sp³-hybridized carbons (Fsp3) is 0.125. The van der Waals surface area contributed by atoms with Gasteiger partial charge in [0.25, 0.3) is 5.91 Å². The van der Waals surface area contributed by atoms with Gasteiger partial charge in [0, 0.05) is 15.7 Å². The van der Waals surface area contributed by atoms with Gasteiger partial charge in [-0.2, -0.15) is 0 Å². The highest BCUT2D eigenvalue weighted by molar-refractivity contribution is 9.10. The van der Waals surface area contributed by atoms with E-state index in [1.54, 1.807) is 30.3 Å². The number of allylic oxidation sites excluding steroid dienone is 1. The lowest BCUT2D eigenvalue weighted by molar-refractivity contribution is -0.138. The number of hydrogen-bond donors (Lipinski definition) is 2. The summed E-state index contributed by atoms with van der Waals surface area (Å²) in [6.07, 6.45) is 3.95. The third-order valence-corrected chi connectivity index (χ3v) is 3.95. The molecule has 2 heterocycles. The van der Waals surface area contributed by atoms with Crippen LogP contribution in [0, 0.1) is 0 Å². The lowest BCUT2D eigenvalue weighted by atomic mass is 9.90. The highest BCUT2D eigenvalue weighted by atomic mass is 79.9. The molecular weight excluding hydrogens is 350 g/mol. The number of halogens is 1. The van der Waals surface area contributed by atoms with Crippen LogP contribution in [0.1, 0.15) is 17.7 Å².